The predicted octanol–water partition coefficient (Wildman–Crippen LogP) is 3.25. The van der Waals surface area contributed by atoms with Crippen LogP contribution in [-0.2, 0) is 14.3 Å². The molecule has 0 saturated carbocycles. The molecule has 21 heavy (non-hydrogen) atoms. The Balaban J connectivity index is 2.48. The molecule has 0 bridgehead atoms. The lowest BCUT2D eigenvalue weighted by Crippen LogP contribution is -2.43. The van der Waals surface area contributed by atoms with E-state index in [0.29, 0.717) is 25.5 Å². The van der Waals surface area contributed by atoms with Crippen LogP contribution in [0.1, 0.15) is 60.3 Å². The minimum absolute atomic E-state index is 0.138. The lowest BCUT2D eigenvalue weighted by molar-refractivity contribution is -0.151. The number of likely N-dealkylation sites (tertiary alicyclic amines) is 1. The van der Waals surface area contributed by atoms with Crippen molar-refractivity contribution in [2.75, 3.05) is 19.7 Å². The smallest absolute Gasteiger partial charge is 0.310 e. The van der Waals surface area contributed by atoms with E-state index in [1.165, 1.54) is 0 Å². The van der Waals surface area contributed by atoms with E-state index in [2.05, 4.69) is 27.7 Å². The van der Waals surface area contributed by atoms with Crippen LogP contribution < -0.4 is 0 Å². The standard InChI is InChI=1S/C17H31NO3/c1-6-21-16(20)14-8-7-9-18(12-14)15(19)10-13(2)11-17(3,4)5/h13-14H,6-12H2,1-5H3/t13?,14-/m1/s1. The monoisotopic (exact) mass is 297 g/mol. The minimum atomic E-state index is -0.155. The quantitative estimate of drug-likeness (QED) is 0.732. The van der Waals surface area contributed by atoms with Gasteiger partial charge in [-0.2, -0.15) is 0 Å². The van der Waals surface area contributed by atoms with E-state index in [9.17, 15) is 9.59 Å². The second-order valence-corrected chi connectivity index (χ2v) is 7.51. The fourth-order valence-electron chi connectivity index (χ4n) is 3.20. The Hall–Kier alpha value is -1.06. The van der Waals surface area contributed by atoms with Gasteiger partial charge in [-0.1, -0.05) is 27.7 Å². The molecule has 0 spiro atoms. The molecule has 1 aliphatic rings. The van der Waals surface area contributed by atoms with Crippen molar-refractivity contribution in [2.45, 2.75) is 60.3 Å². The second-order valence-electron chi connectivity index (χ2n) is 7.51. The van der Waals surface area contributed by atoms with Gasteiger partial charge in [0.15, 0.2) is 0 Å². The molecule has 0 aromatic heterocycles. The van der Waals surface area contributed by atoms with Gasteiger partial charge < -0.3 is 9.64 Å². The maximum Gasteiger partial charge on any atom is 0.310 e. The highest BCUT2D eigenvalue weighted by molar-refractivity contribution is 5.78. The van der Waals surface area contributed by atoms with Gasteiger partial charge in [0.05, 0.1) is 12.5 Å². The molecule has 1 heterocycles. The Bertz CT molecular complexity index is 360. The number of hydrogen-bond donors (Lipinski definition) is 0. The van der Waals surface area contributed by atoms with Gasteiger partial charge in [0.1, 0.15) is 0 Å². The number of carbonyl (C=O) groups excluding carboxylic acids is 2. The maximum atomic E-state index is 12.4. The summed E-state index contributed by atoms with van der Waals surface area (Å²) in [6.45, 7) is 12.3. The number of piperidine rings is 1. The number of esters is 1. The first-order valence-corrected chi connectivity index (χ1v) is 8.17. The van der Waals surface area contributed by atoms with Crippen molar-refractivity contribution in [3.8, 4) is 0 Å². The summed E-state index contributed by atoms with van der Waals surface area (Å²) in [4.78, 5) is 26.1. The molecular formula is C17H31NO3. The second kappa shape index (κ2) is 7.81. The molecule has 1 aliphatic heterocycles. The number of carbonyl (C=O) groups is 2. The van der Waals surface area contributed by atoms with Crippen molar-refractivity contribution in [3.05, 3.63) is 0 Å². The van der Waals surface area contributed by atoms with Crippen LogP contribution in [0.5, 0.6) is 0 Å². The van der Waals surface area contributed by atoms with E-state index >= 15 is 0 Å². The molecule has 0 aliphatic carbocycles. The summed E-state index contributed by atoms with van der Waals surface area (Å²) in [7, 11) is 0. The summed E-state index contributed by atoms with van der Waals surface area (Å²) in [5.74, 6) is 0.263. The van der Waals surface area contributed by atoms with E-state index in [-0.39, 0.29) is 23.2 Å². The number of rotatable bonds is 5. The molecule has 0 N–H and O–H groups in total. The van der Waals surface area contributed by atoms with E-state index < -0.39 is 0 Å². The molecule has 2 atom stereocenters. The Kier molecular flexibility index (Phi) is 6.69. The van der Waals surface area contributed by atoms with Crippen molar-refractivity contribution in [1.29, 1.82) is 0 Å². The largest absolute Gasteiger partial charge is 0.466 e. The predicted molar refractivity (Wildman–Crippen MR) is 83.8 cm³/mol. The third kappa shape index (κ3) is 6.49. The summed E-state index contributed by atoms with van der Waals surface area (Å²) in [6, 6.07) is 0. The first-order chi connectivity index (χ1) is 9.73. The summed E-state index contributed by atoms with van der Waals surface area (Å²) in [6.07, 6.45) is 3.34. The van der Waals surface area contributed by atoms with Crippen LogP contribution in [-0.4, -0.2) is 36.5 Å². The van der Waals surface area contributed by atoms with E-state index in [1.807, 2.05) is 11.8 Å². The van der Waals surface area contributed by atoms with Gasteiger partial charge in [-0.3, -0.25) is 9.59 Å². The summed E-state index contributed by atoms with van der Waals surface area (Å²) >= 11 is 0. The molecule has 1 saturated heterocycles. The Morgan fingerprint density at radius 2 is 2.00 bits per heavy atom. The first kappa shape index (κ1) is 18.0. The van der Waals surface area contributed by atoms with Gasteiger partial charge in [-0.05, 0) is 37.5 Å². The summed E-state index contributed by atoms with van der Waals surface area (Å²) < 4.78 is 5.08. The molecule has 122 valence electrons. The van der Waals surface area contributed by atoms with Crippen LogP contribution in [0.4, 0.5) is 0 Å². The van der Waals surface area contributed by atoms with Gasteiger partial charge in [0, 0.05) is 19.5 Å². The zero-order chi connectivity index (χ0) is 16.0. The molecule has 0 aromatic carbocycles. The molecule has 1 unspecified atom stereocenters. The average Bonchev–Trinajstić information content (AvgIpc) is 2.36. The SMILES string of the molecule is CCOC(=O)[C@@H]1CCCN(C(=O)CC(C)CC(C)(C)C)C1. The Morgan fingerprint density at radius 3 is 2.57 bits per heavy atom. The topological polar surface area (TPSA) is 46.6 Å². The number of hydrogen-bond acceptors (Lipinski definition) is 3. The summed E-state index contributed by atoms with van der Waals surface area (Å²) in [5.41, 5.74) is 0.245. The van der Waals surface area contributed by atoms with Gasteiger partial charge in [0.25, 0.3) is 0 Å². The van der Waals surface area contributed by atoms with E-state index in [1.54, 1.807) is 0 Å². The molecule has 1 fully saturated rings. The number of amides is 1. The zero-order valence-corrected chi connectivity index (χ0v) is 14.3. The van der Waals surface area contributed by atoms with Crippen LogP contribution in [0.3, 0.4) is 0 Å². The van der Waals surface area contributed by atoms with Gasteiger partial charge in [-0.25, -0.2) is 0 Å². The number of ether oxygens (including phenoxy) is 1. The molecule has 4 nitrogen and oxygen atoms in total. The molecule has 0 aromatic rings. The molecule has 1 rings (SSSR count). The Labute approximate surface area is 129 Å². The van der Waals surface area contributed by atoms with E-state index in [0.717, 1.165) is 25.8 Å². The molecular weight excluding hydrogens is 266 g/mol. The lowest BCUT2D eigenvalue weighted by Gasteiger charge is -2.33. The van der Waals surface area contributed by atoms with Gasteiger partial charge in [-0.15, -0.1) is 0 Å². The molecule has 4 heteroatoms. The number of nitrogens with zero attached hydrogens (tertiary/aromatic N) is 1. The molecule has 1 amide bonds. The highest BCUT2D eigenvalue weighted by atomic mass is 16.5. The maximum absolute atomic E-state index is 12.4. The van der Waals surface area contributed by atoms with Crippen molar-refractivity contribution in [2.24, 2.45) is 17.3 Å². The van der Waals surface area contributed by atoms with Crippen LogP contribution in [0, 0.1) is 17.3 Å². The molecule has 0 radical (unpaired) electrons. The summed E-state index contributed by atoms with van der Waals surface area (Å²) in [5, 5.41) is 0. The van der Waals surface area contributed by atoms with Crippen molar-refractivity contribution >= 4 is 11.9 Å². The Morgan fingerprint density at radius 1 is 1.33 bits per heavy atom. The van der Waals surface area contributed by atoms with Crippen LogP contribution in [0.2, 0.25) is 0 Å². The van der Waals surface area contributed by atoms with Crippen molar-refractivity contribution in [1.82, 2.24) is 4.90 Å². The van der Waals surface area contributed by atoms with Crippen LogP contribution >= 0.6 is 0 Å². The normalized spacial score (nSPS) is 21.0. The van der Waals surface area contributed by atoms with E-state index in [4.69, 9.17) is 4.74 Å². The first-order valence-electron chi connectivity index (χ1n) is 8.17. The highest BCUT2D eigenvalue weighted by Crippen LogP contribution is 2.27. The minimum Gasteiger partial charge on any atom is -0.466 e. The van der Waals surface area contributed by atoms with Crippen molar-refractivity contribution < 1.29 is 14.3 Å². The highest BCUT2D eigenvalue weighted by Gasteiger charge is 2.30. The van der Waals surface area contributed by atoms with Crippen molar-refractivity contribution in [3.63, 3.8) is 0 Å². The van der Waals surface area contributed by atoms with Gasteiger partial charge in [0.2, 0.25) is 5.91 Å². The fraction of sp³-hybridized carbons (Fsp3) is 0.882. The van der Waals surface area contributed by atoms with Crippen LogP contribution in [0.15, 0.2) is 0 Å². The van der Waals surface area contributed by atoms with Gasteiger partial charge >= 0.3 is 5.97 Å². The third-order valence-corrected chi connectivity index (χ3v) is 3.88. The average molecular weight is 297 g/mol. The van der Waals surface area contributed by atoms with Crippen LogP contribution in [0.25, 0.3) is 0 Å². The fourth-order valence-corrected chi connectivity index (χ4v) is 3.20. The zero-order valence-electron chi connectivity index (χ0n) is 14.3. The lowest BCUT2D eigenvalue weighted by atomic mass is 9.84. The third-order valence-electron chi connectivity index (χ3n) is 3.88.